The number of nitrogens with zero attached hydrogens (tertiary/aromatic N) is 3. The van der Waals surface area contributed by atoms with E-state index in [1.54, 1.807) is 35.8 Å². The molecule has 4 rings (SSSR count). The Morgan fingerprint density at radius 2 is 1.88 bits per heavy atom. The van der Waals surface area contributed by atoms with E-state index >= 15 is 0 Å². The minimum atomic E-state index is -3.50. The van der Waals surface area contributed by atoms with Crippen LogP contribution in [0.25, 0.3) is 11.3 Å². The van der Waals surface area contributed by atoms with Gasteiger partial charge in [0.15, 0.2) is 0 Å². The Morgan fingerprint density at radius 1 is 1.09 bits per heavy atom. The molecule has 0 radical (unpaired) electrons. The molecule has 32 heavy (non-hydrogen) atoms. The lowest BCUT2D eigenvalue weighted by Gasteiger charge is -2.20. The van der Waals surface area contributed by atoms with Crippen LogP contribution >= 0.6 is 11.3 Å². The molecule has 2 aromatic carbocycles. The topological polar surface area (TPSA) is 83.9 Å². The zero-order valence-electron chi connectivity index (χ0n) is 17.9. The Morgan fingerprint density at radius 3 is 2.66 bits per heavy atom. The summed E-state index contributed by atoms with van der Waals surface area (Å²) >= 11 is 1.41. The van der Waals surface area contributed by atoms with Crippen LogP contribution in [-0.4, -0.2) is 44.1 Å². The first-order valence-electron chi connectivity index (χ1n) is 10.6. The van der Waals surface area contributed by atoms with Crippen LogP contribution in [0.5, 0.6) is 5.75 Å². The molecule has 1 fully saturated rings. The van der Waals surface area contributed by atoms with E-state index in [0.717, 1.165) is 42.6 Å². The number of benzene rings is 2. The molecule has 3 aromatic rings. The highest BCUT2D eigenvalue weighted by molar-refractivity contribution is 7.89. The average Bonchev–Trinajstić information content (AvgIpc) is 3.11. The van der Waals surface area contributed by atoms with E-state index in [0.29, 0.717) is 28.8 Å². The standard InChI is InChI=1S/C23H26N4O3S2/c1-30-22-12-5-4-9-19(22)16-24-26-23-25-21(17-31-23)18-10-8-11-20(15-18)32(28,29)27-13-6-2-3-7-14-27/h4-5,8-12,15-17H,2-3,6-7,13-14H2,1H3,(H,25,26). The number of methoxy groups -OCH3 is 1. The molecule has 1 aromatic heterocycles. The quantitative estimate of drug-likeness (QED) is 0.395. The molecule has 1 N–H and O–H groups in total. The first kappa shape index (κ1) is 22.4. The number of hydrazone groups is 1. The molecule has 0 spiro atoms. The van der Waals surface area contributed by atoms with Gasteiger partial charge in [0.1, 0.15) is 5.75 Å². The lowest BCUT2D eigenvalue weighted by Crippen LogP contribution is -2.31. The van der Waals surface area contributed by atoms with Crippen molar-refractivity contribution in [1.29, 1.82) is 0 Å². The number of hydrogen-bond acceptors (Lipinski definition) is 7. The first-order chi connectivity index (χ1) is 15.6. The number of anilines is 1. The fraction of sp³-hybridized carbons (Fsp3) is 0.304. The molecule has 0 atom stereocenters. The summed E-state index contributed by atoms with van der Waals surface area (Å²) in [5.41, 5.74) is 5.25. The maximum Gasteiger partial charge on any atom is 0.243 e. The van der Waals surface area contributed by atoms with E-state index in [1.165, 1.54) is 11.3 Å². The predicted octanol–water partition coefficient (Wildman–Crippen LogP) is 4.83. The van der Waals surface area contributed by atoms with Gasteiger partial charge in [0.05, 0.1) is 23.9 Å². The Balaban J connectivity index is 1.49. The second-order valence-electron chi connectivity index (χ2n) is 7.50. The molecular formula is C23H26N4O3S2. The van der Waals surface area contributed by atoms with Gasteiger partial charge in [0.2, 0.25) is 15.2 Å². The van der Waals surface area contributed by atoms with E-state index in [-0.39, 0.29) is 0 Å². The zero-order valence-corrected chi connectivity index (χ0v) is 19.5. The molecule has 7 nitrogen and oxygen atoms in total. The Kier molecular flexibility index (Phi) is 7.19. The van der Waals surface area contributed by atoms with Gasteiger partial charge in [-0.25, -0.2) is 13.4 Å². The highest BCUT2D eigenvalue weighted by Crippen LogP contribution is 2.28. The van der Waals surface area contributed by atoms with Crippen molar-refractivity contribution in [1.82, 2.24) is 9.29 Å². The van der Waals surface area contributed by atoms with Crippen molar-refractivity contribution < 1.29 is 13.2 Å². The number of ether oxygens (including phenoxy) is 1. The van der Waals surface area contributed by atoms with E-state index in [4.69, 9.17) is 4.74 Å². The van der Waals surface area contributed by atoms with E-state index in [2.05, 4.69) is 15.5 Å². The summed E-state index contributed by atoms with van der Waals surface area (Å²) in [5.74, 6) is 0.736. The van der Waals surface area contributed by atoms with Gasteiger partial charge in [-0.15, -0.1) is 11.3 Å². The molecule has 0 amide bonds. The predicted molar refractivity (Wildman–Crippen MR) is 129 cm³/mol. The number of sulfonamides is 1. The van der Waals surface area contributed by atoms with Crippen molar-refractivity contribution in [2.24, 2.45) is 5.10 Å². The molecule has 0 saturated carbocycles. The number of para-hydroxylation sites is 1. The van der Waals surface area contributed by atoms with E-state index in [1.807, 2.05) is 35.7 Å². The van der Waals surface area contributed by atoms with Crippen LogP contribution in [0.1, 0.15) is 31.2 Å². The van der Waals surface area contributed by atoms with Crippen LogP contribution in [0, 0.1) is 0 Å². The van der Waals surface area contributed by atoms with Crippen LogP contribution in [0.15, 0.2) is 63.9 Å². The van der Waals surface area contributed by atoms with Crippen LogP contribution in [0.3, 0.4) is 0 Å². The van der Waals surface area contributed by atoms with Crippen LogP contribution in [-0.2, 0) is 10.0 Å². The van der Waals surface area contributed by atoms with Crippen LogP contribution in [0.4, 0.5) is 5.13 Å². The van der Waals surface area contributed by atoms with Gasteiger partial charge in [0.25, 0.3) is 0 Å². The molecule has 1 aliphatic rings. The fourth-order valence-corrected chi connectivity index (χ4v) is 5.87. The smallest absolute Gasteiger partial charge is 0.243 e. The maximum atomic E-state index is 13.1. The SMILES string of the molecule is COc1ccccc1C=NNc1nc(-c2cccc(S(=O)(=O)N3CCCCCC3)c2)cs1. The average molecular weight is 471 g/mol. The highest BCUT2D eigenvalue weighted by atomic mass is 32.2. The van der Waals surface area contributed by atoms with Gasteiger partial charge in [-0.05, 0) is 37.1 Å². The molecular weight excluding hydrogens is 444 g/mol. The Hall–Kier alpha value is -2.75. The fourth-order valence-electron chi connectivity index (χ4n) is 3.63. The van der Waals surface area contributed by atoms with Crippen LogP contribution < -0.4 is 10.2 Å². The monoisotopic (exact) mass is 470 g/mol. The van der Waals surface area contributed by atoms with Crippen molar-refractivity contribution >= 4 is 32.7 Å². The first-order valence-corrected chi connectivity index (χ1v) is 12.9. The van der Waals surface area contributed by atoms with Crippen molar-refractivity contribution in [3.63, 3.8) is 0 Å². The minimum Gasteiger partial charge on any atom is -0.496 e. The number of rotatable bonds is 7. The maximum absolute atomic E-state index is 13.1. The molecule has 0 unspecified atom stereocenters. The van der Waals surface area contributed by atoms with Crippen molar-refractivity contribution in [3.05, 3.63) is 59.5 Å². The summed E-state index contributed by atoms with van der Waals surface area (Å²) < 4.78 is 33.2. The van der Waals surface area contributed by atoms with Crippen molar-refractivity contribution in [2.75, 3.05) is 25.6 Å². The van der Waals surface area contributed by atoms with Gasteiger partial charge in [-0.3, -0.25) is 5.43 Å². The Bertz CT molecular complexity index is 1180. The van der Waals surface area contributed by atoms with Crippen molar-refractivity contribution in [3.8, 4) is 17.0 Å². The summed E-state index contributed by atoms with van der Waals surface area (Å²) in [6.45, 7) is 1.17. The molecule has 0 aliphatic carbocycles. The van der Waals surface area contributed by atoms with Gasteiger partial charge >= 0.3 is 0 Å². The van der Waals surface area contributed by atoms with Crippen molar-refractivity contribution in [2.45, 2.75) is 30.6 Å². The number of nitrogens with one attached hydrogen (secondary N) is 1. The Labute approximate surface area is 192 Å². The third-order valence-corrected chi connectivity index (χ3v) is 7.98. The summed E-state index contributed by atoms with van der Waals surface area (Å²) in [6, 6.07) is 14.6. The summed E-state index contributed by atoms with van der Waals surface area (Å²) in [5, 5.41) is 6.75. The highest BCUT2D eigenvalue weighted by Gasteiger charge is 2.25. The van der Waals surface area contributed by atoms with Gasteiger partial charge < -0.3 is 4.74 Å². The normalized spacial score (nSPS) is 15.5. The van der Waals surface area contributed by atoms with E-state index in [9.17, 15) is 8.42 Å². The molecule has 168 valence electrons. The summed E-state index contributed by atoms with van der Waals surface area (Å²) in [6.07, 6.45) is 5.67. The molecule has 2 heterocycles. The summed E-state index contributed by atoms with van der Waals surface area (Å²) in [7, 11) is -1.88. The third-order valence-electron chi connectivity index (χ3n) is 5.34. The largest absolute Gasteiger partial charge is 0.496 e. The second-order valence-corrected chi connectivity index (χ2v) is 10.3. The molecule has 0 bridgehead atoms. The molecule has 9 heteroatoms. The number of thiazole rings is 1. The van der Waals surface area contributed by atoms with Gasteiger partial charge in [-0.1, -0.05) is 37.1 Å². The van der Waals surface area contributed by atoms with E-state index < -0.39 is 10.0 Å². The lowest BCUT2D eigenvalue weighted by atomic mass is 10.2. The summed E-state index contributed by atoms with van der Waals surface area (Å²) in [4.78, 5) is 4.87. The zero-order chi connectivity index (χ0) is 22.4. The lowest BCUT2D eigenvalue weighted by molar-refractivity contribution is 0.414. The second kappa shape index (κ2) is 10.2. The van der Waals surface area contributed by atoms with Gasteiger partial charge in [-0.2, -0.15) is 9.41 Å². The minimum absolute atomic E-state index is 0.314. The molecule has 1 saturated heterocycles. The van der Waals surface area contributed by atoms with Gasteiger partial charge in [0, 0.05) is 29.6 Å². The van der Waals surface area contributed by atoms with Crippen LogP contribution in [0.2, 0.25) is 0 Å². The molecule has 1 aliphatic heterocycles. The third kappa shape index (κ3) is 5.17. The number of hydrogen-bond donors (Lipinski definition) is 1. The number of aromatic nitrogens is 1.